The molecule has 0 aliphatic rings. The zero-order valence-electron chi connectivity index (χ0n) is 16.0. The first-order chi connectivity index (χ1) is 12.6. The highest BCUT2D eigenvalue weighted by molar-refractivity contribution is 7.92. The van der Waals surface area contributed by atoms with Crippen LogP contribution in [0.4, 0.5) is 11.4 Å². The van der Waals surface area contributed by atoms with Gasteiger partial charge in [-0.2, -0.15) is 0 Å². The van der Waals surface area contributed by atoms with Crippen molar-refractivity contribution in [2.45, 2.75) is 33.6 Å². The van der Waals surface area contributed by atoms with Crippen LogP contribution in [0.5, 0.6) is 0 Å². The molecule has 1 N–H and O–H groups in total. The molecule has 0 aliphatic heterocycles. The predicted molar refractivity (Wildman–Crippen MR) is 112 cm³/mol. The van der Waals surface area contributed by atoms with Gasteiger partial charge in [0.2, 0.25) is 15.9 Å². The van der Waals surface area contributed by atoms with E-state index >= 15 is 0 Å². The monoisotopic (exact) mass is 408 g/mol. The molecule has 0 saturated carbocycles. The number of benzene rings is 2. The molecular formula is C20H25ClN2O3S. The Hall–Kier alpha value is -2.05. The highest BCUT2D eigenvalue weighted by atomic mass is 35.5. The van der Waals surface area contributed by atoms with Gasteiger partial charge < -0.3 is 5.32 Å². The molecule has 0 saturated heterocycles. The molecule has 0 radical (unpaired) electrons. The molecule has 27 heavy (non-hydrogen) atoms. The summed E-state index contributed by atoms with van der Waals surface area (Å²) in [6, 6.07) is 10.9. The average Bonchev–Trinajstić information content (AvgIpc) is 2.58. The molecule has 146 valence electrons. The summed E-state index contributed by atoms with van der Waals surface area (Å²) in [5.41, 5.74) is 4.07. The predicted octanol–water partition coefficient (Wildman–Crippen LogP) is 4.45. The third-order valence-corrected chi connectivity index (χ3v) is 6.14. The summed E-state index contributed by atoms with van der Waals surface area (Å²) in [5, 5.41) is 3.42. The number of carbonyl (C=O) groups is 1. The lowest BCUT2D eigenvalue weighted by atomic mass is 10.1. The number of rotatable bonds is 7. The fraction of sp³-hybridized carbons (Fsp3) is 0.350. The number of nitrogens with one attached hydrogen (secondary N) is 1. The lowest BCUT2D eigenvalue weighted by molar-refractivity contribution is -0.116. The number of hydrogen-bond acceptors (Lipinski definition) is 3. The SMILES string of the molecule is Cc1cccc(N(CCCC(=O)Nc2cccc(Cl)c2C)S(C)(=O)=O)c1C. The summed E-state index contributed by atoms with van der Waals surface area (Å²) in [5.74, 6) is -0.171. The Morgan fingerprint density at radius 3 is 2.41 bits per heavy atom. The molecule has 5 nitrogen and oxygen atoms in total. The Morgan fingerprint density at radius 1 is 1.07 bits per heavy atom. The van der Waals surface area contributed by atoms with Crippen LogP contribution in [0.25, 0.3) is 0 Å². The molecule has 0 aromatic heterocycles. The second kappa shape index (κ2) is 8.76. The minimum absolute atomic E-state index is 0.171. The molecule has 0 spiro atoms. The van der Waals surface area contributed by atoms with E-state index in [1.165, 1.54) is 10.6 Å². The van der Waals surface area contributed by atoms with E-state index in [4.69, 9.17) is 11.6 Å². The van der Waals surface area contributed by atoms with E-state index < -0.39 is 10.0 Å². The highest BCUT2D eigenvalue weighted by Crippen LogP contribution is 2.26. The first-order valence-corrected chi connectivity index (χ1v) is 10.9. The molecule has 2 aromatic carbocycles. The maximum atomic E-state index is 12.3. The fourth-order valence-electron chi connectivity index (χ4n) is 2.81. The zero-order valence-corrected chi connectivity index (χ0v) is 17.6. The minimum atomic E-state index is -3.44. The molecule has 0 unspecified atom stereocenters. The van der Waals surface area contributed by atoms with Crippen molar-refractivity contribution in [1.82, 2.24) is 0 Å². The van der Waals surface area contributed by atoms with E-state index in [9.17, 15) is 13.2 Å². The number of nitrogens with zero attached hydrogens (tertiary/aromatic N) is 1. The smallest absolute Gasteiger partial charge is 0.232 e. The number of hydrogen-bond donors (Lipinski definition) is 1. The Labute approximate surface area is 166 Å². The van der Waals surface area contributed by atoms with E-state index in [-0.39, 0.29) is 18.9 Å². The van der Waals surface area contributed by atoms with E-state index in [0.717, 1.165) is 16.7 Å². The van der Waals surface area contributed by atoms with E-state index in [0.29, 0.717) is 22.8 Å². The maximum Gasteiger partial charge on any atom is 0.232 e. The normalized spacial score (nSPS) is 11.3. The third kappa shape index (κ3) is 5.47. The number of sulfonamides is 1. The second-order valence-corrected chi connectivity index (χ2v) is 8.93. The molecule has 0 fully saturated rings. The molecule has 0 atom stereocenters. The topological polar surface area (TPSA) is 66.5 Å². The molecule has 0 aliphatic carbocycles. The Balaban J connectivity index is 2.05. The minimum Gasteiger partial charge on any atom is -0.326 e. The maximum absolute atomic E-state index is 12.3. The van der Waals surface area contributed by atoms with E-state index in [2.05, 4.69) is 5.32 Å². The Morgan fingerprint density at radius 2 is 1.74 bits per heavy atom. The van der Waals surface area contributed by atoms with Gasteiger partial charge in [-0.05, 0) is 62.1 Å². The van der Waals surface area contributed by atoms with Crippen molar-refractivity contribution in [3.05, 3.63) is 58.1 Å². The van der Waals surface area contributed by atoms with Gasteiger partial charge in [0.25, 0.3) is 0 Å². The quantitative estimate of drug-likeness (QED) is 0.735. The van der Waals surface area contributed by atoms with Gasteiger partial charge in [-0.1, -0.05) is 29.8 Å². The van der Waals surface area contributed by atoms with Crippen LogP contribution in [-0.2, 0) is 14.8 Å². The lowest BCUT2D eigenvalue weighted by Gasteiger charge is -2.25. The third-order valence-electron chi connectivity index (χ3n) is 4.55. The van der Waals surface area contributed by atoms with Crippen LogP contribution in [-0.4, -0.2) is 27.1 Å². The van der Waals surface area contributed by atoms with Crippen molar-refractivity contribution in [3.8, 4) is 0 Å². The lowest BCUT2D eigenvalue weighted by Crippen LogP contribution is -2.32. The molecule has 2 aromatic rings. The average molecular weight is 409 g/mol. The van der Waals surface area contributed by atoms with Gasteiger partial charge in [-0.15, -0.1) is 0 Å². The van der Waals surface area contributed by atoms with Crippen molar-refractivity contribution < 1.29 is 13.2 Å². The van der Waals surface area contributed by atoms with Crippen molar-refractivity contribution in [2.24, 2.45) is 0 Å². The molecular weight excluding hydrogens is 384 g/mol. The molecule has 7 heteroatoms. The first-order valence-electron chi connectivity index (χ1n) is 8.70. The molecule has 1 amide bonds. The number of aryl methyl sites for hydroxylation is 1. The van der Waals surface area contributed by atoms with Crippen LogP contribution < -0.4 is 9.62 Å². The van der Waals surface area contributed by atoms with Crippen molar-refractivity contribution in [1.29, 1.82) is 0 Å². The van der Waals surface area contributed by atoms with Crippen molar-refractivity contribution >= 4 is 38.9 Å². The summed E-state index contributed by atoms with van der Waals surface area (Å²) in [7, 11) is -3.44. The van der Waals surface area contributed by atoms with Crippen LogP contribution in [0.1, 0.15) is 29.5 Å². The second-order valence-electron chi connectivity index (χ2n) is 6.62. The number of carbonyl (C=O) groups excluding carboxylic acids is 1. The van der Waals surface area contributed by atoms with E-state index in [1.54, 1.807) is 24.3 Å². The Bertz CT molecular complexity index is 942. The largest absolute Gasteiger partial charge is 0.326 e. The molecule has 0 heterocycles. The van der Waals surface area contributed by atoms with Gasteiger partial charge in [-0.25, -0.2) is 8.42 Å². The van der Waals surface area contributed by atoms with Gasteiger partial charge in [0, 0.05) is 23.7 Å². The highest BCUT2D eigenvalue weighted by Gasteiger charge is 2.20. The number of amides is 1. The van der Waals surface area contributed by atoms with Gasteiger partial charge in [0.05, 0.1) is 11.9 Å². The number of anilines is 2. The fourth-order valence-corrected chi connectivity index (χ4v) is 4.00. The molecule has 0 bridgehead atoms. The van der Waals surface area contributed by atoms with Crippen LogP contribution in [0.3, 0.4) is 0 Å². The summed E-state index contributed by atoms with van der Waals surface area (Å²) in [6.07, 6.45) is 1.80. The Kier molecular flexibility index (Phi) is 6.89. The van der Waals surface area contributed by atoms with E-state index in [1.807, 2.05) is 32.9 Å². The first kappa shape index (κ1) is 21.3. The van der Waals surface area contributed by atoms with Crippen LogP contribution in [0.2, 0.25) is 5.02 Å². The van der Waals surface area contributed by atoms with Gasteiger partial charge in [-0.3, -0.25) is 9.10 Å². The van der Waals surface area contributed by atoms with Crippen LogP contribution in [0, 0.1) is 20.8 Å². The van der Waals surface area contributed by atoms with Gasteiger partial charge in [0.1, 0.15) is 0 Å². The summed E-state index contributed by atoms with van der Waals surface area (Å²) < 4.78 is 25.9. The van der Waals surface area contributed by atoms with Crippen molar-refractivity contribution in [2.75, 3.05) is 22.4 Å². The summed E-state index contributed by atoms with van der Waals surface area (Å²) in [4.78, 5) is 12.2. The van der Waals surface area contributed by atoms with Gasteiger partial charge in [0.15, 0.2) is 0 Å². The van der Waals surface area contributed by atoms with Gasteiger partial charge >= 0.3 is 0 Å². The zero-order chi connectivity index (χ0) is 20.2. The molecule has 2 rings (SSSR count). The standard InChI is InChI=1S/C20H25ClN2O3S/c1-14-8-5-11-19(15(14)2)23(27(4,25)26)13-7-12-20(24)22-18-10-6-9-17(21)16(18)3/h5-6,8-11H,7,12-13H2,1-4H3,(H,22,24). The number of halogens is 1. The summed E-state index contributed by atoms with van der Waals surface area (Å²) in [6.45, 7) is 5.92. The van der Waals surface area contributed by atoms with Crippen LogP contribution in [0.15, 0.2) is 36.4 Å². The van der Waals surface area contributed by atoms with Crippen molar-refractivity contribution in [3.63, 3.8) is 0 Å². The summed E-state index contributed by atoms with van der Waals surface area (Å²) >= 11 is 6.06. The van der Waals surface area contributed by atoms with Crippen LogP contribution >= 0.6 is 11.6 Å².